The Bertz CT molecular complexity index is 1210. The van der Waals surface area contributed by atoms with E-state index < -0.39 is 40.4 Å². The summed E-state index contributed by atoms with van der Waals surface area (Å²) in [6.07, 6.45) is 0.931. The van der Waals surface area contributed by atoms with Crippen molar-refractivity contribution in [3.8, 4) is 0 Å². The molecule has 0 saturated heterocycles. The fourth-order valence-electron chi connectivity index (χ4n) is 2.77. The molecule has 0 saturated carbocycles. The number of nitrogens with zero attached hydrogens (tertiary/aromatic N) is 4. The quantitative estimate of drug-likeness (QED) is 0.185. The van der Waals surface area contributed by atoms with Crippen LogP contribution in [0.4, 0.5) is 17.5 Å². The van der Waals surface area contributed by atoms with E-state index in [1.54, 1.807) is 12.1 Å². The molecule has 3 aromatic rings. The minimum Gasteiger partial charge on any atom is -0.693 e. The number of nitrogens with two attached hydrogens (primary N) is 4. The number of rotatable bonds is 9. The number of carboxylic acid groups (broad SMARTS) is 2. The zero-order valence-corrected chi connectivity index (χ0v) is 22.7. The van der Waals surface area contributed by atoms with Crippen molar-refractivity contribution in [2.75, 3.05) is 16.8 Å². The molecule has 18 heteroatoms. The number of anilines is 3. The molecule has 15 nitrogen and oxygen atoms in total. The molecule has 0 fully saturated rings. The Labute approximate surface area is 227 Å². The molecule has 0 spiro atoms. The predicted molar refractivity (Wildman–Crippen MR) is 136 cm³/mol. The predicted octanol–water partition coefficient (Wildman–Crippen LogP) is 3.05. The summed E-state index contributed by atoms with van der Waals surface area (Å²) in [6.45, 7) is 0.300. The summed E-state index contributed by atoms with van der Waals surface area (Å²) >= 11 is -0.472. The smallest absolute Gasteiger partial charge is 0.693 e. The van der Waals surface area contributed by atoms with E-state index >= 15 is 0 Å². The van der Waals surface area contributed by atoms with E-state index in [4.69, 9.17) is 40.5 Å². The number of carboxylic acids is 2. The minimum atomic E-state index is -1.30. The van der Waals surface area contributed by atoms with E-state index in [9.17, 15) is 14.4 Å². The van der Waals surface area contributed by atoms with Crippen LogP contribution in [0, 0.1) is 0 Å². The first-order chi connectivity index (χ1) is 16.6. The molecule has 0 aliphatic heterocycles. The molecular weight excluding hydrogens is 714 g/mol. The molecule has 2 aromatic heterocycles. The number of halogens is 2. The second kappa shape index (κ2) is 16.4. The van der Waals surface area contributed by atoms with Crippen LogP contribution in [0.15, 0.2) is 30.5 Å². The molecule has 0 aliphatic carbocycles. The number of aromatic nitrogens is 4. The standard InChI is InChI=1S/C19H20N8O5.2ClH.2H2N.Pt/c20-15-14-16(27-19(21)26-15)23-8-11(24-14)7-22-10-3-1-9(2-4-10)17(30)25-12(18(31)32)5-6-13(28)29;;;;;/h1-4,8,12,22H,5-7H2,(H,25,30)(H,28,29)(H,31,32)(H4,20,21,23,26,27);2*1H;2*1H2;/q;;;2*-1;+4/p-2/t12-;;;;;/m0...../s1. The van der Waals surface area contributed by atoms with Gasteiger partial charge in [-0.05, 0) is 30.7 Å². The topological polar surface area (TPSA) is 286 Å². The van der Waals surface area contributed by atoms with Crippen molar-refractivity contribution in [1.29, 1.82) is 0 Å². The number of nitrogens with one attached hydrogen (secondary N) is 2. The summed E-state index contributed by atoms with van der Waals surface area (Å²) in [5, 5.41) is 23.3. The Hall–Kier alpha value is -3.36. The van der Waals surface area contributed by atoms with E-state index in [1.165, 1.54) is 18.3 Å². The molecule has 1 atom stereocenters. The first-order valence-electron chi connectivity index (χ1n) is 9.61. The number of carbonyl (C=O) groups excluding carboxylic acids is 1. The number of nitrogen functional groups attached to an aromatic ring is 2. The Morgan fingerprint density at radius 1 is 1.03 bits per heavy atom. The molecule has 3 rings (SSSR count). The van der Waals surface area contributed by atoms with Gasteiger partial charge in [0, 0.05) is 17.7 Å². The van der Waals surface area contributed by atoms with Gasteiger partial charge in [-0.1, -0.05) is 0 Å². The molecule has 0 unspecified atom stereocenters. The van der Waals surface area contributed by atoms with Crippen LogP contribution in [0.5, 0.6) is 0 Å². The van der Waals surface area contributed by atoms with Crippen LogP contribution in [0.2, 0.25) is 0 Å². The van der Waals surface area contributed by atoms with Crippen molar-refractivity contribution in [2.45, 2.75) is 25.4 Å². The summed E-state index contributed by atoms with van der Waals surface area (Å²) < 4.78 is 0. The summed E-state index contributed by atoms with van der Waals surface area (Å²) in [5.41, 5.74) is 13.4. The largest absolute Gasteiger partial charge is 0.693 e. The number of aliphatic carboxylic acids is 2. The van der Waals surface area contributed by atoms with E-state index in [2.05, 4.69) is 30.6 Å². The fraction of sp³-hybridized carbons (Fsp3) is 0.211. The normalized spacial score (nSPS) is 10.6. The van der Waals surface area contributed by atoms with Crippen LogP contribution < -0.4 is 22.1 Å². The molecular formula is C19H24Cl2N10O5Pt. The van der Waals surface area contributed by atoms with Crippen molar-refractivity contribution in [1.82, 2.24) is 25.3 Å². The zero-order valence-electron chi connectivity index (χ0n) is 18.9. The van der Waals surface area contributed by atoms with Gasteiger partial charge in [0.05, 0.1) is 18.4 Å². The van der Waals surface area contributed by atoms with Gasteiger partial charge in [0.2, 0.25) is 5.95 Å². The van der Waals surface area contributed by atoms with Crippen LogP contribution in [0.1, 0.15) is 28.9 Å². The van der Waals surface area contributed by atoms with Gasteiger partial charge >= 0.3 is 47.3 Å². The van der Waals surface area contributed by atoms with E-state index in [0.29, 0.717) is 23.4 Å². The zero-order chi connectivity index (χ0) is 26.0. The summed E-state index contributed by atoms with van der Waals surface area (Å²) in [4.78, 5) is 50.5. The van der Waals surface area contributed by atoms with Crippen molar-refractivity contribution >= 4 is 65.3 Å². The summed E-state index contributed by atoms with van der Waals surface area (Å²) in [7, 11) is 9.75. The number of carbonyl (C=O) groups is 3. The summed E-state index contributed by atoms with van der Waals surface area (Å²) in [6, 6.07) is 4.99. The maximum absolute atomic E-state index is 12.3. The van der Waals surface area contributed by atoms with Gasteiger partial charge in [0.1, 0.15) is 6.04 Å². The van der Waals surface area contributed by atoms with Gasteiger partial charge in [-0.3, -0.25) is 9.59 Å². The summed E-state index contributed by atoms with van der Waals surface area (Å²) in [5.74, 6) is -2.93. The molecule has 12 N–H and O–H groups in total. The Morgan fingerprint density at radius 3 is 2.22 bits per heavy atom. The van der Waals surface area contributed by atoms with Crippen LogP contribution >= 0.6 is 18.8 Å². The van der Waals surface area contributed by atoms with E-state index in [-0.39, 0.29) is 48.1 Å². The maximum atomic E-state index is 12.3. The Balaban J connectivity index is 0.00000247. The molecule has 0 aliphatic rings. The number of hydrogen-bond donors (Lipinski definition) is 6. The molecule has 204 valence electrons. The third-order valence-electron chi connectivity index (χ3n) is 4.37. The average molecular weight is 738 g/mol. The second-order valence-electron chi connectivity index (χ2n) is 6.77. The molecule has 1 amide bonds. The molecule has 0 radical (unpaired) electrons. The van der Waals surface area contributed by atoms with Crippen molar-refractivity contribution < 1.29 is 41.1 Å². The second-order valence-corrected chi connectivity index (χ2v) is 10.1. The Morgan fingerprint density at radius 2 is 1.65 bits per heavy atom. The van der Waals surface area contributed by atoms with Gasteiger partial charge in [0.15, 0.2) is 17.0 Å². The molecule has 1 aromatic carbocycles. The first kappa shape index (κ1) is 33.6. The van der Waals surface area contributed by atoms with Crippen molar-refractivity contribution in [2.24, 2.45) is 0 Å². The maximum Gasteiger partial charge on any atom is -0.693 e. The molecule has 0 bridgehead atoms. The van der Waals surface area contributed by atoms with Gasteiger partial charge in [0.25, 0.3) is 5.91 Å². The molecule has 37 heavy (non-hydrogen) atoms. The third kappa shape index (κ3) is 10.6. The van der Waals surface area contributed by atoms with Crippen molar-refractivity contribution in [3.63, 3.8) is 0 Å². The SMILES string of the molecule is Nc1nc(N)c2nc(CNc3ccc(C(=O)N[C@@H](CCC(=O)O)C(=O)O)cc3)cnc2n1.[Cl][Pt+2][Cl].[NH2-].[NH2-]. The number of hydrogen-bond acceptors (Lipinski definition) is 10. The minimum absolute atomic E-state index is 0. The van der Waals surface area contributed by atoms with Gasteiger partial charge in [-0.15, -0.1) is 0 Å². The number of benzene rings is 1. The monoisotopic (exact) mass is 737 g/mol. The van der Waals surface area contributed by atoms with Crippen LogP contribution in [-0.4, -0.2) is 54.0 Å². The number of amides is 1. The van der Waals surface area contributed by atoms with Gasteiger partial charge < -0.3 is 44.6 Å². The van der Waals surface area contributed by atoms with E-state index in [1.807, 2.05) is 0 Å². The van der Waals surface area contributed by atoms with Crippen LogP contribution in [0.3, 0.4) is 0 Å². The van der Waals surface area contributed by atoms with Crippen LogP contribution in [-0.2, 0) is 32.6 Å². The molecule has 2 heterocycles. The van der Waals surface area contributed by atoms with Gasteiger partial charge in [-0.25, -0.2) is 14.8 Å². The third-order valence-corrected chi connectivity index (χ3v) is 4.37. The van der Waals surface area contributed by atoms with E-state index in [0.717, 1.165) is 0 Å². The Kier molecular flexibility index (Phi) is 14.9. The number of fused-ring (bicyclic) bond motifs is 1. The fourth-order valence-corrected chi connectivity index (χ4v) is 2.77. The van der Waals surface area contributed by atoms with Gasteiger partial charge in [-0.2, -0.15) is 9.97 Å². The average Bonchev–Trinajstić information content (AvgIpc) is 2.81. The first-order valence-corrected chi connectivity index (χ1v) is 15.2. The van der Waals surface area contributed by atoms with Crippen LogP contribution in [0.25, 0.3) is 23.5 Å². The van der Waals surface area contributed by atoms with Crippen molar-refractivity contribution in [3.05, 3.63) is 54.0 Å².